The van der Waals surface area contributed by atoms with E-state index in [9.17, 15) is 9.59 Å². The summed E-state index contributed by atoms with van der Waals surface area (Å²) in [5, 5.41) is 5.66. The first-order valence-corrected chi connectivity index (χ1v) is 6.75. The number of nitrogens with one attached hydrogen (secondary N) is 2. The van der Waals surface area contributed by atoms with E-state index in [2.05, 4.69) is 10.6 Å². The predicted molar refractivity (Wildman–Crippen MR) is 67.5 cm³/mol. The molecule has 4 nitrogen and oxygen atoms in total. The number of carbonyl (C=O) groups excluding carboxylic acids is 2. The van der Waals surface area contributed by atoms with Crippen LogP contribution in [0.4, 0.5) is 0 Å². The SMILES string of the molecule is CCC(=O)NCCC(=O)NCC1CCCCC1. The van der Waals surface area contributed by atoms with Crippen molar-refractivity contribution in [2.24, 2.45) is 5.92 Å². The Labute approximate surface area is 104 Å². The molecule has 0 heterocycles. The molecule has 2 N–H and O–H groups in total. The lowest BCUT2D eigenvalue weighted by Crippen LogP contribution is -2.33. The van der Waals surface area contributed by atoms with Crippen LogP contribution < -0.4 is 10.6 Å². The zero-order valence-electron chi connectivity index (χ0n) is 10.8. The first-order valence-electron chi connectivity index (χ1n) is 6.75. The van der Waals surface area contributed by atoms with Gasteiger partial charge in [-0.1, -0.05) is 26.2 Å². The monoisotopic (exact) mass is 240 g/mol. The minimum Gasteiger partial charge on any atom is -0.356 e. The van der Waals surface area contributed by atoms with Crippen LogP contribution in [-0.2, 0) is 9.59 Å². The third-order valence-corrected chi connectivity index (χ3v) is 3.31. The van der Waals surface area contributed by atoms with Crippen molar-refractivity contribution in [3.8, 4) is 0 Å². The second-order valence-electron chi connectivity index (χ2n) is 4.76. The molecule has 0 bridgehead atoms. The second-order valence-corrected chi connectivity index (χ2v) is 4.76. The fourth-order valence-corrected chi connectivity index (χ4v) is 2.18. The highest BCUT2D eigenvalue weighted by atomic mass is 16.2. The van der Waals surface area contributed by atoms with E-state index < -0.39 is 0 Å². The first-order chi connectivity index (χ1) is 8.22. The summed E-state index contributed by atoms with van der Waals surface area (Å²) in [6, 6.07) is 0. The van der Waals surface area contributed by atoms with Crippen LogP contribution in [-0.4, -0.2) is 24.9 Å². The van der Waals surface area contributed by atoms with Gasteiger partial charge in [-0.3, -0.25) is 9.59 Å². The normalized spacial score (nSPS) is 16.5. The minimum atomic E-state index is 0.00470. The van der Waals surface area contributed by atoms with E-state index in [0.717, 1.165) is 6.54 Å². The van der Waals surface area contributed by atoms with Crippen molar-refractivity contribution < 1.29 is 9.59 Å². The Morgan fingerprint density at radius 1 is 1.06 bits per heavy atom. The van der Waals surface area contributed by atoms with Gasteiger partial charge in [0, 0.05) is 25.9 Å². The molecule has 0 atom stereocenters. The van der Waals surface area contributed by atoms with Gasteiger partial charge in [0.15, 0.2) is 0 Å². The van der Waals surface area contributed by atoms with Crippen molar-refractivity contribution in [2.75, 3.05) is 13.1 Å². The van der Waals surface area contributed by atoms with Crippen LogP contribution in [0.25, 0.3) is 0 Å². The van der Waals surface area contributed by atoms with Crippen molar-refractivity contribution in [3.05, 3.63) is 0 Å². The summed E-state index contributed by atoms with van der Waals surface area (Å²) in [5.41, 5.74) is 0. The van der Waals surface area contributed by atoms with Crippen molar-refractivity contribution in [2.45, 2.75) is 51.9 Å². The molecular weight excluding hydrogens is 216 g/mol. The van der Waals surface area contributed by atoms with E-state index in [1.54, 1.807) is 6.92 Å². The zero-order chi connectivity index (χ0) is 12.5. The lowest BCUT2D eigenvalue weighted by Gasteiger charge is -2.21. The molecule has 0 aromatic rings. The predicted octanol–water partition coefficient (Wildman–Crippen LogP) is 1.60. The largest absolute Gasteiger partial charge is 0.356 e. The third kappa shape index (κ3) is 6.29. The number of carbonyl (C=O) groups is 2. The molecule has 0 saturated heterocycles. The molecule has 0 unspecified atom stereocenters. The topological polar surface area (TPSA) is 58.2 Å². The summed E-state index contributed by atoms with van der Waals surface area (Å²) in [6.07, 6.45) is 7.29. The highest BCUT2D eigenvalue weighted by molar-refractivity contribution is 5.78. The van der Waals surface area contributed by atoms with Crippen LogP contribution in [0, 0.1) is 5.92 Å². The summed E-state index contributed by atoms with van der Waals surface area (Å²) in [6.45, 7) is 3.06. The summed E-state index contributed by atoms with van der Waals surface area (Å²) in [5.74, 6) is 0.718. The van der Waals surface area contributed by atoms with E-state index >= 15 is 0 Å². The molecule has 1 saturated carbocycles. The zero-order valence-corrected chi connectivity index (χ0v) is 10.8. The van der Waals surface area contributed by atoms with E-state index in [1.807, 2.05) is 0 Å². The highest BCUT2D eigenvalue weighted by Crippen LogP contribution is 2.22. The van der Waals surface area contributed by atoms with Crippen molar-refractivity contribution in [3.63, 3.8) is 0 Å². The minimum absolute atomic E-state index is 0.00470. The Balaban J connectivity index is 2.02. The summed E-state index contributed by atoms with van der Waals surface area (Å²) in [4.78, 5) is 22.4. The Bertz CT molecular complexity index is 248. The molecule has 98 valence electrons. The molecule has 0 radical (unpaired) electrons. The quantitative estimate of drug-likeness (QED) is 0.741. The lowest BCUT2D eigenvalue weighted by atomic mass is 9.89. The number of rotatable bonds is 6. The van der Waals surface area contributed by atoms with Gasteiger partial charge in [-0.2, -0.15) is 0 Å². The maximum atomic E-state index is 11.5. The maximum Gasteiger partial charge on any atom is 0.221 e. The molecule has 1 aliphatic rings. The highest BCUT2D eigenvalue weighted by Gasteiger charge is 2.13. The Kier molecular flexibility index (Phi) is 6.67. The van der Waals surface area contributed by atoms with Crippen molar-refractivity contribution in [1.29, 1.82) is 0 Å². The van der Waals surface area contributed by atoms with Crippen LogP contribution in [0.3, 0.4) is 0 Å². The molecule has 1 aliphatic carbocycles. The van der Waals surface area contributed by atoms with Gasteiger partial charge in [-0.05, 0) is 18.8 Å². The van der Waals surface area contributed by atoms with E-state index in [-0.39, 0.29) is 11.8 Å². The Hall–Kier alpha value is -1.06. The van der Waals surface area contributed by atoms with E-state index in [4.69, 9.17) is 0 Å². The van der Waals surface area contributed by atoms with E-state index in [0.29, 0.717) is 25.3 Å². The summed E-state index contributed by atoms with van der Waals surface area (Å²) >= 11 is 0. The van der Waals surface area contributed by atoms with Crippen LogP contribution in [0.1, 0.15) is 51.9 Å². The lowest BCUT2D eigenvalue weighted by molar-refractivity contribution is -0.122. The molecule has 0 aliphatic heterocycles. The number of hydrogen-bond donors (Lipinski definition) is 2. The van der Waals surface area contributed by atoms with Gasteiger partial charge in [0.2, 0.25) is 11.8 Å². The van der Waals surface area contributed by atoms with Gasteiger partial charge in [0.25, 0.3) is 0 Å². The Morgan fingerprint density at radius 2 is 1.76 bits per heavy atom. The van der Waals surface area contributed by atoms with Crippen molar-refractivity contribution >= 4 is 11.8 Å². The van der Waals surface area contributed by atoms with Crippen LogP contribution in [0.5, 0.6) is 0 Å². The molecule has 4 heteroatoms. The smallest absolute Gasteiger partial charge is 0.221 e. The van der Waals surface area contributed by atoms with Gasteiger partial charge in [-0.15, -0.1) is 0 Å². The van der Waals surface area contributed by atoms with Gasteiger partial charge < -0.3 is 10.6 Å². The molecule has 0 aromatic heterocycles. The standard InChI is InChI=1S/C13H24N2O2/c1-2-12(16)14-9-8-13(17)15-10-11-6-4-3-5-7-11/h11H,2-10H2,1H3,(H,14,16)(H,15,17). The molecule has 0 spiro atoms. The van der Waals surface area contributed by atoms with Gasteiger partial charge >= 0.3 is 0 Å². The fraction of sp³-hybridized carbons (Fsp3) is 0.846. The molecular formula is C13H24N2O2. The summed E-state index contributed by atoms with van der Waals surface area (Å²) in [7, 11) is 0. The molecule has 1 rings (SSSR count). The molecule has 1 fully saturated rings. The third-order valence-electron chi connectivity index (χ3n) is 3.31. The fourth-order valence-electron chi connectivity index (χ4n) is 2.18. The van der Waals surface area contributed by atoms with Crippen LogP contribution in [0.15, 0.2) is 0 Å². The number of hydrogen-bond acceptors (Lipinski definition) is 2. The Morgan fingerprint density at radius 3 is 2.41 bits per heavy atom. The van der Waals surface area contributed by atoms with Crippen LogP contribution in [0.2, 0.25) is 0 Å². The second kappa shape index (κ2) is 8.09. The van der Waals surface area contributed by atoms with Crippen molar-refractivity contribution in [1.82, 2.24) is 10.6 Å². The van der Waals surface area contributed by atoms with Gasteiger partial charge in [0.05, 0.1) is 0 Å². The summed E-state index contributed by atoms with van der Waals surface area (Å²) < 4.78 is 0. The van der Waals surface area contributed by atoms with Gasteiger partial charge in [-0.25, -0.2) is 0 Å². The first kappa shape index (κ1) is 14.0. The molecule has 2 amide bonds. The number of amides is 2. The molecule has 0 aromatic carbocycles. The van der Waals surface area contributed by atoms with E-state index in [1.165, 1.54) is 32.1 Å². The molecule has 17 heavy (non-hydrogen) atoms. The average Bonchev–Trinajstić information content (AvgIpc) is 2.37. The average molecular weight is 240 g/mol. The maximum absolute atomic E-state index is 11.5. The van der Waals surface area contributed by atoms with Crippen LogP contribution >= 0.6 is 0 Å². The van der Waals surface area contributed by atoms with Gasteiger partial charge in [0.1, 0.15) is 0 Å².